The second kappa shape index (κ2) is 6.56. The summed E-state index contributed by atoms with van der Waals surface area (Å²) >= 11 is 0. The fourth-order valence-electron chi connectivity index (χ4n) is 2.98. The molecule has 0 unspecified atom stereocenters. The Morgan fingerprint density at radius 1 is 1.19 bits per heavy atom. The van der Waals surface area contributed by atoms with Crippen LogP contribution >= 0.6 is 0 Å². The highest BCUT2D eigenvalue weighted by Crippen LogP contribution is 2.31. The van der Waals surface area contributed by atoms with E-state index in [1.807, 2.05) is 11.0 Å². The molecule has 2 aliphatic rings. The quantitative estimate of drug-likeness (QED) is 0.831. The molecule has 114 valence electrons. The van der Waals surface area contributed by atoms with Gasteiger partial charge in [0, 0.05) is 32.1 Å². The molecule has 1 aromatic rings. The second-order valence-electron chi connectivity index (χ2n) is 6.17. The fraction of sp³-hybridized carbons (Fsp3) is 0.588. The zero-order valence-corrected chi connectivity index (χ0v) is 12.4. The lowest BCUT2D eigenvalue weighted by atomic mass is 10.1. The number of hydrogen-bond acceptors (Lipinski definition) is 2. The zero-order chi connectivity index (χ0) is 14.7. The summed E-state index contributed by atoms with van der Waals surface area (Å²) in [5.74, 6) is 0.554. The molecule has 0 radical (unpaired) electrons. The molecule has 0 bridgehead atoms. The highest BCUT2D eigenvalue weighted by Gasteiger charge is 2.34. The first-order valence-corrected chi connectivity index (χ1v) is 7.98. The van der Waals surface area contributed by atoms with E-state index in [9.17, 15) is 9.18 Å². The van der Waals surface area contributed by atoms with Gasteiger partial charge in [-0.3, -0.25) is 9.69 Å². The molecule has 1 aromatic carbocycles. The molecule has 3 rings (SSSR count). The zero-order valence-electron chi connectivity index (χ0n) is 12.4. The molecule has 3 nitrogen and oxygen atoms in total. The minimum absolute atomic E-state index is 0.153. The van der Waals surface area contributed by atoms with Crippen molar-refractivity contribution in [3.8, 4) is 0 Å². The Morgan fingerprint density at radius 3 is 2.62 bits per heavy atom. The minimum Gasteiger partial charge on any atom is -0.340 e. The Morgan fingerprint density at radius 2 is 1.95 bits per heavy atom. The molecule has 21 heavy (non-hydrogen) atoms. The molecule has 4 heteroatoms. The smallest absolute Gasteiger partial charge is 0.225 e. The number of halogens is 1. The van der Waals surface area contributed by atoms with E-state index in [1.165, 1.54) is 6.07 Å². The van der Waals surface area contributed by atoms with Gasteiger partial charge >= 0.3 is 0 Å². The number of carbonyl (C=O) groups excluding carboxylic acids is 1. The molecule has 2 fully saturated rings. The monoisotopic (exact) mass is 290 g/mol. The maximum absolute atomic E-state index is 13.1. The van der Waals surface area contributed by atoms with Crippen LogP contribution in [0.3, 0.4) is 0 Å². The number of amides is 1. The van der Waals surface area contributed by atoms with Gasteiger partial charge in [-0.05, 0) is 49.9 Å². The Hall–Kier alpha value is -1.42. The first-order valence-electron chi connectivity index (χ1n) is 7.98. The lowest BCUT2D eigenvalue weighted by molar-refractivity contribution is -0.134. The fourth-order valence-corrected chi connectivity index (χ4v) is 2.98. The third-order valence-electron chi connectivity index (χ3n) is 4.44. The second-order valence-corrected chi connectivity index (χ2v) is 6.17. The Bertz CT molecular complexity index is 493. The highest BCUT2D eigenvalue weighted by atomic mass is 19.1. The number of hydrogen-bond donors (Lipinski definition) is 0. The molecule has 0 spiro atoms. The van der Waals surface area contributed by atoms with Crippen molar-refractivity contribution >= 4 is 5.91 Å². The molecule has 1 saturated carbocycles. The van der Waals surface area contributed by atoms with Gasteiger partial charge in [-0.2, -0.15) is 0 Å². The van der Waals surface area contributed by atoms with Crippen LogP contribution in [0.4, 0.5) is 4.39 Å². The van der Waals surface area contributed by atoms with E-state index in [-0.39, 0.29) is 5.82 Å². The van der Waals surface area contributed by atoms with Crippen LogP contribution in [0.2, 0.25) is 0 Å². The summed E-state index contributed by atoms with van der Waals surface area (Å²) in [5.41, 5.74) is 1.07. The van der Waals surface area contributed by atoms with Crippen LogP contribution in [0, 0.1) is 11.7 Å². The molecule has 1 heterocycles. The van der Waals surface area contributed by atoms with Crippen molar-refractivity contribution in [3.05, 3.63) is 35.6 Å². The first-order chi connectivity index (χ1) is 10.2. The number of piperazine rings is 1. The molecule has 0 aromatic heterocycles. The van der Waals surface area contributed by atoms with Crippen molar-refractivity contribution in [2.24, 2.45) is 5.92 Å². The van der Waals surface area contributed by atoms with Crippen LogP contribution in [-0.4, -0.2) is 48.4 Å². The first kappa shape index (κ1) is 14.5. The van der Waals surface area contributed by atoms with Gasteiger partial charge < -0.3 is 4.90 Å². The van der Waals surface area contributed by atoms with E-state index in [0.717, 1.165) is 64.0 Å². The third kappa shape index (κ3) is 4.03. The molecule has 1 aliphatic heterocycles. The van der Waals surface area contributed by atoms with E-state index in [0.29, 0.717) is 11.8 Å². The van der Waals surface area contributed by atoms with Crippen molar-refractivity contribution in [2.75, 3.05) is 32.7 Å². The molecule has 0 atom stereocenters. The van der Waals surface area contributed by atoms with Crippen LogP contribution in [0.1, 0.15) is 24.8 Å². The van der Waals surface area contributed by atoms with Crippen molar-refractivity contribution in [1.82, 2.24) is 9.80 Å². The van der Waals surface area contributed by atoms with Crippen molar-refractivity contribution < 1.29 is 9.18 Å². The molecule has 1 amide bonds. The van der Waals surface area contributed by atoms with Crippen molar-refractivity contribution in [2.45, 2.75) is 25.7 Å². The van der Waals surface area contributed by atoms with Gasteiger partial charge in [0.2, 0.25) is 5.91 Å². The Labute approximate surface area is 125 Å². The normalized spacial score (nSPS) is 19.8. The van der Waals surface area contributed by atoms with Crippen LogP contribution in [0.25, 0.3) is 0 Å². The average molecular weight is 290 g/mol. The molecular weight excluding hydrogens is 267 g/mol. The maximum Gasteiger partial charge on any atom is 0.225 e. The predicted molar refractivity (Wildman–Crippen MR) is 80.5 cm³/mol. The highest BCUT2D eigenvalue weighted by molar-refractivity contribution is 5.81. The van der Waals surface area contributed by atoms with E-state index < -0.39 is 0 Å². The van der Waals surface area contributed by atoms with Crippen LogP contribution < -0.4 is 0 Å². The number of benzene rings is 1. The summed E-state index contributed by atoms with van der Waals surface area (Å²) in [7, 11) is 0. The average Bonchev–Trinajstić information content (AvgIpc) is 3.32. The number of aryl methyl sites for hydroxylation is 1. The van der Waals surface area contributed by atoms with Crippen LogP contribution in [-0.2, 0) is 11.2 Å². The SMILES string of the molecule is O=C(C1CC1)N1CCN(CCCc2cccc(F)c2)CC1. The third-order valence-corrected chi connectivity index (χ3v) is 4.44. The van der Waals surface area contributed by atoms with Gasteiger partial charge in [0.1, 0.15) is 5.82 Å². The van der Waals surface area contributed by atoms with Gasteiger partial charge in [0.05, 0.1) is 0 Å². The Kier molecular flexibility index (Phi) is 4.54. The predicted octanol–water partition coefficient (Wildman–Crippen LogP) is 2.31. The summed E-state index contributed by atoms with van der Waals surface area (Å²) in [5, 5.41) is 0. The molecule has 0 N–H and O–H groups in total. The van der Waals surface area contributed by atoms with Crippen LogP contribution in [0.15, 0.2) is 24.3 Å². The molecule has 1 aliphatic carbocycles. The van der Waals surface area contributed by atoms with Crippen molar-refractivity contribution in [1.29, 1.82) is 0 Å². The summed E-state index contributed by atoms with van der Waals surface area (Å²) in [6.45, 7) is 4.72. The van der Waals surface area contributed by atoms with Gasteiger partial charge in [-0.25, -0.2) is 4.39 Å². The Balaban J connectivity index is 1.36. The number of nitrogens with zero attached hydrogens (tertiary/aromatic N) is 2. The van der Waals surface area contributed by atoms with Crippen LogP contribution in [0.5, 0.6) is 0 Å². The lowest BCUT2D eigenvalue weighted by Gasteiger charge is -2.34. The summed E-state index contributed by atoms with van der Waals surface area (Å²) in [6.07, 6.45) is 4.14. The van der Waals surface area contributed by atoms with Gasteiger partial charge in [-0.1, -0.05) is 12.1 Å². The largest absolute Gasteiger partial charge is 0.340 e. The summed E-state index contributed by atoms with van der Waals surface area (Å²) in [6, 6.07) is 6.86. The van der Waals surface area contributed by atoms with E-state index in [2.05, 4.69) is 4.90 Å². The minimum atomic E-state index is -0.153. The maximum atomic E-state index is 13.1. The number of carbonyl (C=O) groups is 1. The van der Waals surface area contributed by atoms with E-state index in [1.54, 1.807) is 12.1 Å². The summed E-state index contributed by atoms with van der Waals surface area (Å²) in [4.78, 5) is 16.4. The topological polar surface area (TPSA) is 23.6 Å². The number of rotatable bonds is 5. The molecular formula is C17H23FN2O. The van der Waals surface area contributed by atoms with Gasteiger partial charge in [0.25, 0.3) is 0 Å². The standard InChI is InChI=1S/C17H23FN2O/c18-16-5-1-3-14(13-16)4-2-8-19-9-11-20(12-10-19)17(21)15-6-7-15/h1,3,5,13,15H,2,4,6-12H2. The lowest BCUT2D eigenvalue weighted by Crippen LogP contribution is -2.49. The van der Waals surface area contributed by atoms with Gasteiger partial charge in [-0.15, -0.1) is 0 Å². The van der Waals surface area contributed by atoms with Crippen molar-refractivity contribution in [3.63, 3.8) is 0 Å². The summed E-state index contributed by atoms with van der Waals surface area (Å²) < 4.78 is 13.1. The molecule has 1 saturated heterocycles. The van der Waals surface area contributed by atoms with E-state index >= 15 is 0 Å². The van der Waals surface area contributed by atoms with Gasteiger partial charge in [0.15, 0.2) is 0 Å². The van der Waals surface area contributed by atoms with E-state index in [4.69, 9.17) is 0 Å².